The lowest BCUT2D eigenvalue weighted by molar-refractivity contribution is -0.144. The monoisotopic (exact) mass is 246 g/mol. The molecule has 0 radical (unpaired) electrons. The van der Waals surface area contributed by atoms with E-state index in [2.05, 4.69) is 5.10 Å². The van der Waals surface area contributed by atoms with Crippen LogP contribution in [0.4, 0.5) is 0 Å². The van der Waals surface area contributed by atoms with E-state index in [1.807, 2.05) is 11.6 Å². The summed E-state index contributed by atoms with van der Waals surface area (Å²) in [5.74, 6) is 2.15. The van der Waals surface area contributed by atoms with Gasteiger partial charge in [0.25, 0.3) is 0 Å². The molecule has 1 aromatic heterocycles. The van der Waals surface area contributed by atoms with E-state index in [4.69, 9.17) is 4.74 Å². The lowest BCUT2D eigenvalue weighted by atomic mass is 10.1. The Labute approximate surface area is 106 Å². The Hall–Kier alpha value is -1.32. The fraction of sp³-hybridized carbons (Fsp3) is 0.714. The van der Waals surface area contributed by atoms with Gasteiger partial charge in [-0.05, 0) is 44.4 Å². The van der Waals surface area contributed by atoms with Crippen LogP contribution in [0.1, 0.15) is 55.0 Å². The fourth-order valence-electron chi connectivity index (χ4n) is 3.41. The van der Waals surface area contributed by atoms with Gasteiger partial charge < -0.3 is 4.74 Å². The Balaban J connectivity index is 1.66. The largest absolute Gasteiger partial charge is 0.465 e. The summed E-state index contributed by atoms with van der Waals surface area (Å²) in [7, 11) is 0. The Morgan fingerprint density at radius 2 is 2.33 bits per heavy atom. The van der Waals surface area contributed by atoms with Gasteiger partial charge in [-0.15, -0.1) is 0 Å². The van der Waals surface area contributed by atoms with Crippen molar-refractivity contribution < 1.29 is 9.53 Å². The average Bonchev–Trinajstić information content (AvgIpc) is 3.21. The van der Waals surface area contributed by atoms with Crippen LogP contribution in [0.3, 0.4) is 0 Å². The van der Waals surface area contributed by atoms with Crippen molar-refractivity contribution in [1.29, 1.82) is 0 Å². The smallest absolute Gasteiger partial charge is 0.327 e. The van der Waals surface area contributed by atoms with Crippen molar-refractivity contribution >= 4 is 5.97 Å². The van der Waals surface area contributed by atoms with Crippen LogP contribution < -0.4 is 0 Å². The molecule has 2 atom stereocenters. The summed E-state index contributed by atoms with van der Waals surface area (Å²) < 4.78 is 6.98. The van der Waals surface area contributed by atoms with Crippen molar-refractivity contribution in [2.45, 2.75) is 51.0 Å². The standard InChI is InChI=1S/C14H18N2O2/c1-2-18-12(17)7-16-14(8-3-4-8)13-10-5-9(10)6-11(13)15-16/h8-10H,2-7H2,1H3/t9?,10-/m0/s1. The number of nitrogens with zero attached hydrogens (tertiary/aromatic N) is 2. The van der Waals surface area contributed by atoms with Gasteiger partial charge >= 0.3 is 5.97 Å². The highest BCUT2D eigenvalue weighted by atomic mass is 16.5. The number of carbonyl (C=O) groups is 1. The van der Waals surface area contributed by atoms with E-state index in [0.29, 0.717) is 19.1 Å². The quantitative estimate of drug-likeness (QED) is 0.763. The predicted octanol–water partition coefficient (Wildman–Crippen LogP) is 1.98. The summed E-state index contributed by atoms with van der Waals surface area (Å²) in [6, 6.07) is 0. The van der Waals surface area contributed by atoms with E-state index in [1.165, 1.54) is 36.2 Å². The first-order valence-electron chi connectivity index (χ1n) is 7.03. The summed E-state index contributed by atoms with van der Waals surface area (Å²) in [5, 5.41) is 4.67. The number of esters is 1. The first-order chi connectivity index (χ1) is 8.78. The number of aromatic nitrogens is 2. The molecule has 0 N–H and O–H groups in total. The third-order valence-corrected chi connectivity index (χ3v) is 4.40. The molecule has 4 heteroatoms. The van der Waals surface area contributed by atoms with Crippen LogP contribution in [-0.2, 0) is 22.5 Å². The molecular formula is C14H18N2O2. The number of hydrogen-bond acceptors (Lipinski definition) is 3. The van der Waals surface area contributed by atoms with Crippen LogP contribution in [-0.4, -0.2) is 22.4 Å². The molecule has 0 spiro atoms. The van der Waals surface area contributed by atoms with Crippen molar-refractivity contribution in [3.63, 3.8) is 0 Å². The maximum Gasteiger partial charge on any atom is 0.327 e. The Morgan fingerprint density at radius 3 is 3.06 bits per heavy atom. The molecule has 4 rings (SSSR count). The van der Waals surface area contributed by atoms with E-state index in [9.17, 15) is 4.79 Å². The van der Waals surface area contributed by atoms with Gasteiger partial charge in [-0.25, -0.2) is 0 Å². The van der Waals surface area contributed by atoms with E-state index in [-0.39, 0.29) is 5.97 Å². The van der Waals surface area contributed by atoms with E-state index >= 15 is 0 Å². The summed E-state index contributed by atoms with van der Waals surface area (Å²) in [6.45, 7) is 2.59. The van der Waals surface area contributed by atoms with Crippen LogP contribution in [0.25, 0.3) is 0 Å². The molecule has 1 aromatic rings. The molecule has 18 heavy (non-hydrogen) atoms. The second-order valence-corrected chi connectivity index (χ2v) is 5.79. The third kappa shape index (κ3) is 1.51. The van der Waals surface area contributed by atoms with Crippen LogP contribution in [0, 0.1) is 5.92 Å². The number of ether oxygens (including phenoxy) is 1. The molecule has 0 aliphatic heterocycles. The Kier molecular flexibility index (Phi) is 2.11. The number of rotatable bonds is 4. The molecule has 1 heterocycles. The van der Waals surface area contributed by atoms with Gasteiger partial charge in [-0.2, -0.15) is 5.10 Å². The number of hydrogen-bond donors (Lipinski definition) is 0. The van der Waals surface area contributed by atoms with E-state index in [0.717, 1.165) is 18.3 Å². The van der Waals surface area contributed by atoms with Gasteiger partial charge in [0.1, 0.15) is 6.54 Å². The second kappa shape index (κ2) is 3.59. The minimum absolute atomic E-state index is 0.159. The van der Waals surface area contributed by atoms with Gasteiger partial charge in [0.2, 0.25) is 0 Å². The molecule has 2 fully saturated rings. The zero-order valence-corrected chi connectivity index (χ0v) is 10.7. The second-order valence-electron chi connectivity index (χ2n) is 5.79. The summed E-state index contributed by atoms with van der Waals surface area (Å²) in [6.07, 6.45) is 5.00. The Morgan fingerprint density at radius 1 is 1.50 bits per heavy atom. The molecule has 4 nitrogen and oxygen atoms in total. The number of carbonyl (C=O) groups excluding carboxylic acids is 1. The predicted molar refractivity (Wildman–Crippen MR) is 65.4 cm³/mol. The number of fused-ring (bicyclic) bond motifs is 3. The minimum atomic E-state index is -0.159. The summed E-state index contributed by atoms with van der Waals surface area (Å²) >= 11 is 0. The first kappa shape index (κ1) is 10.6. The molecule has 3 aliphatic carbocycles. The van der Waals surface area contributed by atoms with Gasteiger partial charge in [0.15, 0.2) is 0 Å². The highest BCUT2D eigenvalue weighted by molar-refractivity contribution is 5.69. The van der Waals surface area contributed by atoms with Crippen LogP contribution in [0.15, 0.2) is 0 Å². The van der Waals surface area contributed by atoms with Crippen molar-refractivity contribution in [2.75, 3.05) is 6.61 Å². The maximum atomic E-state index is 11.6. The van der Waals surface area contributed by atoms with Crippen LogP contribution >= 0.6 is 0 Å². The molecule has 2 saturated carbocycles. The molecule has 1 unspecified atom stereocenters. The van der Waals surface area contributed by atoms with E-state index in [1.54, 1.807) is 0 Å². The van der Waals surface area contributed by atoms with Gasteiger partial charge in [0, 0.05) is 17.2 Å². The van der Waals surface area contributed by atoms with Gasteiger partial charge in [-0.1, -0.05) is 0 Å². The first-order valence-corrected chi connectivity index (χ1v) is 7.03. The Bertz CT molecular complexity index is 516. The lowest BCUT2D eigenvalue weighted by Crippen LogP contribution is -2.16. The van der Waals surface area contributed by atoms with Crippen molar-refractivity contribution in [3.8, 4) is 0 Å². The van der Waals surface area contributed by atoms with Crippen molar-refractivity contribution in [3.05, 3.63) is 17.0 Å². The normalized spacial score (nSPS) is 27.8. The maximum absolute atomic E-state index is 11.6. The average molecular weight is 246 g/mol. The molecule has 0 bridgehead atoms. The van der Waals surface area contributed by atoms with Crippen molar-refractivity contribution in [2.24, 2.45) is 5.92 Å². The lowest BCUT2D eigenvalue weighted by Gasteiger charge is -2.08. The van der Waals surface area contributed by atoms with Gasteiger partial charge in [-0.3, -0.25) is 9.48 Å². The zero-order chi connectivity index (χ0) is 12.3. The highest BCUT2D eigenvalue weighted by Gasteiger charge is 2.50. The van der Waals surface area contributed by atoms with Crippen LogP contribution in [0.5, 0.6) is 0 Å². The fourth-order valence-corrected chi connectivity index (χ4v) is 3.41. The third-order valence-electron chi connectivity index (χ3n) is 4.40. The molecule has 0 amide bonds. The summed E-state index contributed by atoms with van der Waals surface area (Å²) in [4.78, 5) is 11.6. The summed E-state index contributed by atoms with van der Waals surface area (Å²) in [5.41, 5.74) is 4.14. The molecular weight excluding hydrogens is 228 g/mol. The molecule has 96 valence electrons. The van der Waals surface area contributed by atoms with Crippen LogP contribution in [0.2, 0.25) is 0 Å². The molecule has 0 saturated heterocycles. The SMILES string of the molecule is CCOC(=O)Cn1nc2c(c1C1CC1)[C@H]1CC1C2. The molecule has 0 aromatic carbocycles. The zero-order valence-electron chi connectivity index (χ0n) is 10.7. The van der Waals surface area contributed by atoms with Crippen molar-refractivity contribution in [1.82, 2.24) is 9.78 Å². The highest BCUT2D eigenvalue weighted by Crippen LogP contribution is 2.59. The molecule has 3 aliphatic rings. The minimum Gasteiger partial charge on any atom is -0.465 e. The topological polar surface area (TPSA) is 44.1 Å². The van der Waals surface area contributed by atoms with Gasteiger partial charge in [0.05, 0.1) is 12.3 Å². The van der Waals surface area contributed by atoms with E-state index < -0.39 is 0 Å².